The van der Waals surface area contributed by atoms with Gasteiger partial charge in [0, 0.05) is 43.2 Å². The summed E-state index contributed by atoms with van der Waals surface area (Å²) >= 11 is 24.5. The molecule has 53 heavy (non-hydrogen) atoms. The SMILES string of the molecule is COC(=O)C(C)(c1cc(C(=O)O)ccc1Cl)c1cc(Cl)ccc1[N+](=O)[O-].COC(=O)c1ccc(Cl)c(C(C)(CC(=O)O)c2cc(Cl)ccc2[N+](=O)[O-])c1. The minimum atomic E-state index is -1.76. The number of hydrogen-bond donors (Lipinski definition) is 2. The van der Waals surface area contributed by atoms with Gasteiger partial charge in [0.05, 0.1) is 47.2 Å². The smallest absolute Gasteiger partial charge is 0.337 e. The van der Waals surface area contributed by atoms with Crippen molar-refractivity contribution in [1.82, 2.24) is 0 Å². The van der Waals surface area contributed by atoms with Crippen molar-refractivity contribution in [2.75, 3.05) is 14.2 Å². The summed E-state index contributed by atoms with van der Waals surface area (Å²) in [5.41, 5.74) is -3.57. The first-order valence-electron chi connectivity index (χ1n) is 14.8. The summed E-state index contributed by atoms with van der Waals surface area (Å²) in [6, 6.07) is 15.6. The van der Waals surface area contributed by atoms with Crippen LogP contribution < -0.4 is 0 Å². The number of methoxy groups -OCH3 is 2. The molecule has 0 aliphatic carbocycles. The molecule has 0 fully saturated rings. The molecule has 18 heteroatoms. The highest BCUT2D eigenvalue weighted by atomic mass is 35.5. The van der Waals surface area contributed by atoms with Gasteiger partial charge in [-0.1, -0.05) is 53.3 Å². The van der Waals surface area contributed by atoms with Gasteiger partial charge in [-0.2, -0.15) is 0 Å². The number of esters is 2. The van der Waals surface area contributed by atoms with Gasteiger partial charge in [-0.3, -0.25) is 29.8 Å². The number of nitro groups is 2. The highest BCUT2D eigenvalue weighted by Crippen LogP contribution is 2.45. The average Bonchev–Trinajstić information content (AvgIpc) is 3.10. The van der Waals surface area contributed by atoms with Crippen LogP contribution in [0.2, 0.25) is 20.1 Å². The van der Waals surface area contributed by atoms with Gasteiger partial charge in [-0.25, -0.2) is 9.59 Å². The Kier molecular flexibility index (Phi) is 13.5. The van der Waals surface area contributed by atoms with Gasteiger partial charge in [0.1, 0.15) is 5.41 Å². The zero-order valence-corrected chi connectivity index (χ0v) is 31.0. The van der Waals surface area contributed by atoms with E-state index < -0.39 is 51.0 Å². The summed E-state index contributed by atoms with van der Waals surface area (Å²) in [5, 5.41) is 42.2. The van der Waals surface area contributed by atoms with E-state index in [-0.39, 0.29) is 64.8 Å². The maximum absolute atomic E-state index is 12.7. The van der Waals surface area contributed by atoms with Gasteiger partial charge in [0.25, 0.3) is 11.4 Å². The molecule has 0 heterocycles. The number of halogens is 4. The Bertz CT molecular complexity index is 2140. The third-order valence-corrected chi connectivity index (χ3v) is 9.41. The Morgan fingerprint density at radius 3 is 1.60 bits per heavy atom. The second kappa shape index (κ2) is 17.0. The van der Waals surface area contributed by atoms with Crippen LogP contribution in [0.15, 0.2) is 72.8 Å². The second-order valence-electron chi connectivity index (χ2n) is 11.5. The summed E-state index contributed by atoms with van der Waals surface area (Å²) in [6.07, 6.45) is -0.515. The number of carboxylic acids is 2. The number of carbonyl (C=O) groups excluding carboxylic acids is 2. The first-order chi connectivity index (χ1) is 24.7. The van der Waals surface area contributed by atoms with Crippen LogP contribution in [0.5, 0.6) is 0 Å². The van der Waals surface area contributed by atoms with Gasteiger partial charge < -0.3 is 19.7 Å². The molecule has 2 N–H and O–H groups in total. The summed E-state index contributed by atoms with van der Waals surface area (Å²) < 4.78 is 9.53. The molecule has 0 aliphatic rings. The van der Waals surface area contributed by atoms with Crippen LogP contribution in [-0.4, -0.2) is 58.2 Å². The summed E-state index contributed by atoms with van der Waals surface area (Å²) in [7, 11) is 2.32. The molecule has 4 aromatic rings. The van der Waals surface area contributed by atoms with E-state index in [2.05, 4.69) is 4.74 Å². The molecule has 4 rings (SSSR count). The lowest BCUT2D eigenvalue weighted by Crippen LogP contribution is -2.36. The number of aliphatic carboxylic acids is 1. The zero-order chi connectivity index (χ0) is 40.0. The van der Waals surface area contributed by atoms with E-state index in [0.717, 1.165) is 13.2 Å². The molecule has 0 aromatic heterocycles. The molecule has 0 saturated carbocycles. The van der Waals surface area contributed by atoms with E-state index in [1.807, 2.05) is 0 Å². The number of hydrogen-bond acceptors (Lipinski definition) is 10. The van der Waals surface area contributed by atoms with Crippen molar-refractivity contribution in [3.05, 3.63) is 146 Å². The third-order valence-electron chi connectivity index (χ3n) is 8.28. The number of rotatable bonds is 11. The maximum atomic E-state index is 12.7. The first kappa shape index (κ1) is 42.1. The number of benzene rings is 4. The Morgan fingerprint density at radius 1 is 0.660 bits per heavy atom. The van der Waals surface area contributed by atoms with Gasteiger partial charge in [0.2, 0.25) is 0 Å². The van der Waals surface area contributed by atoms with E-state index in [1.165, 1.54) is 87.7 Å². The van der Waals surface area contributed by atoms with E-state index in [0.29, 0.717) is 0 Å². The number of aromatic carboxylic acids is 1. The fourth-order valence-corrected chi connectivity index (χ4v) is 6.60. The van der Waals surface area contributed by atoms with Gasteiger partial charge in [-0.05, 0) is 78.7 Å². The number of carboxylic acid groups (broad SMARTS) is 2. The quantitative estimate of drug-likeness (QED) is 0.0828. The maximum Gasteiger partial charge on any atom is 0.337 e. The number of ether oxygens (including phenoxy) is 2. The monoisotopic (exact) mass is 808 g/mol. The molecule has 278 valence electrons. The molecule has 0 radical (unpaired) electrons. The normalized spacial score (nSPS) is 12.9. The number of nitrogens with zero attached hydrogens (tertiary/aromatic N) is 2. The van der Waals surface area contributed by atoms with E-state index in [4.69, 9.17) is 51.1 Å². The lowest BCUT2D eigenvalue weighted by atomic mass is 9.72. The molecule has 0 aliphatic heterocycles. The predicted molar refractivity (Wildman–Crippen MR) is 195 cm³/mol. The number of carbonyl (C=O) groups is 4. The van der Waals surface area contributed by atoms with Gasteiger partial charge >= 0.3 is 23.9 Å². The highest BCUT2D eigenvalue weighted by Gasteiger charge is 2.45. The third kappa shape index (κ3) is 9.03. The van der Waals surface area contributed by atoms with E-state index >= 15 is 0 Å². The summed E-state index contributed by atoms with van der Waals surface area (Å²) in [5.74, 6) is -3.94. The van der Waals surface area contributed by atoms with Crippen molar-refractivity contribution in [2.24, 2.45) is 0 Å². The van der Waals surface area contributed by atoms with Crippen LogP contribution in [0.3, 0.4) is 0 Å². The summed E-state index contributed by atoms with van der Waals surface area (Å²) in [6.45, 7) is 2.87. The molecular weight excluding hydrogens is 782 g/mol. The minimum absolute atomic E-state index is 0.0521. The van der Waals surface area contributed by atoms with Crippen LogP contribution in [0.25, 0.3) is 0 Å². The van der Waals surface area contributed by atoms with Crippen molar-refractivity contribution in [3.8, 4) is 0 Å². The first-order valence-corrected chi connectivity index (χ1v) is 16.3. The highest BCUT2D eigenvalue weighted by molar-refractivity contribution is 6.33. The van der Waals surface area contributed by atoms with Crippen LogP contribution in [0, 0.1) is 20.2 Å². The Labute approximate surface area is 321 Å². The standard InChI is InChI=1S/C18H15Cl2NO6.C17H13Cl2NO6/c1-18(9-16(22)23,13-8-11(19)4-6-15(13)21(25)26)12-7-10(17(24)27-2)3-5-14(12)20;1-17(16(23)26-2,11-7-9(15(21)22)3-5-13(11)19)12-8-10(18)4-6-14(12)20(24)25/h3-8H,9H2,1-2H3,(H,22,23);3-8H,1-2H3,(H,21,22). The lowest BCUT2D eigenvalue weighted by Gasteiger charge is -2.30. The van der Waals surface area contributed by atoms with Crippen molar-refractivity contribution >= 4 is 81.7 Å². The fraction of sp³-hybridized carbons (Fsp3) is 0.200. The van der Waals surface area contributed by atoms with Crippen LogP contribution in [0.1, 0.15) is 63.2 Å². The van der Waals surface area contributed by atoms with Crippen molar-refractivity contribution in [3.63, 3.8) is 0 Å². The average molecular weight is 810 g/mol. The lowest BCUT2D eigenvalue weighted by molar-refractivity contribution is -0.386. The molecular formula is C35H28Cl4N2O12. The second-order valence-corrected chi connectivity index (χ2v) is 13.2. The van der Waals surface area contributed by atoms with Crippen LogP contribution in [0.4, 0.5) is 11.4 Å². The predicted octanol–water partition coefficient (Wildman–Crippen LogP) is 8.55. The molecule has 2 atom stereocenters. The Balaban J connectivity index is 0.000000286. The summed E-state index contributed by atoms with van der Waals surface area (Å²) in [4.78, 5) is 69.1. The molecule has 14 nitrogen and oxygen atoms in total. The van der Waals surface area contributed by atoms with E-state index in [9.17, 15) is 49.6 Å². The molecule has 2 unspecified atom stereocenters. The zero-order valence-electron chi connectivity index (χ0n) is 28.0. The van der Waals surface area contributed by atoms with Crippen molar-refractivity contribution in [1.29, 1.82) is 0 Å². The Hall–Kier alpha value is -5.28. The van der Waals surface area contributed by atoms with Crippen LogP contribution >= 0.6 is 46.4 Å². The van der Waals surface area contributed by atoms with Gasteiger partial charge in [-0.15, -0.1) is 0 Å². The van der Waals surface area contributed by atoms with Gasteiger partial charge in [0.15, 0.2) is 0 Å². The molecule has 0 amide bonds. The molecule has 0 spiro atoms. The minimum Gasteiger partial charge on any atom is -0.481 e. The van der Waals surface area contributed by atoms with E-state index in [1.54, 1.807) is 0 Å². The topological polar surface area (TPSA) is 213 Å². The van der Waals surface area contributed by atoms with Crippen molar-refractivity contribution < 1.29 is 48.7 Å². The fourth-order valence-electron chi connectivity index (χ4n) is 5.62. The Morgan fingerprint density at radius 2 is 1.13 bits per heavy atom. The molecule has 4 aromatic carbocycles. The molecule has 0 saturated heterocycles. The largest absolute Gasteiger partial charge is 0.481 e. The molecule has 0 bridgehead atoms. The number of nitro benzene ring substituents is 2. The van der Waals surface area contributed by atoms with Crippen LogP contribution in [-0.2, 0) is 29.9 Å². The van der Waals surface area contributed by atoms with Crippen molar-refractivity contribution in [2.45, 2.75) is 31.1 Å².